The Labute approximate surface area is 184 Å². The average molecular weight is 443 g/mol. The summed E-state index contributed by atoms with van der Waals surface area (Å²) in [5, 5.41) is 8.82. The quantitative estimate of drug-likeness (QED) is 0.279. The lowest BCUT2D eigenvalue weighted by Crippen LogP contribution is -2.52. The number of nitrogens with zero attached hydrogens (tertiary/aromatic N) is 1. The van der Waals surface area contributed by atoms with E-state index in [4.69, 9.17) is 16.3 Å². The summed E-state index contributed by atoms with van der Waals surface area (Å²) in [7, 11) is 0. The SMILES string of the molecule is CC(C)(C)C(NC(=O)COc1ccccc1)Nc1c(Nc2cccnc2Cl)c(=O)c1=O. The van der Waals surface area contributed by atoms with Crippen LogP contribution in [0.5, 0.6) is 5.75 Å². The van der Waals surface area contributed by atoms with Crippen LogP contribution in [0.4, 0.5) is 17.1 Å². The van der Waals surface area contributed by atoms with Crippen LogP contribution < -0.4 is 31.5 Å². The molecule has 0 fully saturated rings. The van der Waals surface area contributed by atoms with E-state index in [0.717, 1.165) is 0 Å². The first-order valence-corrected chi connectivity index (χ1v) is 9.99. The highest BCUT2D eigenvalue weighted by Gasteiger charge is 2.31. The van der Waals surface area contributed by atoms with Crippen molar-refractivity contribution < 1.29 is 9.53 Å². The van der Waals surface area contributed by atoms with E-state index in [0.29, 0.717) is 11.4 Å². The van der Waals surface area contributed by atoms with Crippen LogP contribution in [-0.2, 0) is 4.79 Å². The summed E-state index contributed by atoms with van der Waals surface area (Å²) in [4.78, 5) is 40.7. The van der Waals surface area contributed by atoms with Crippen LogP contribution in [0.1, 0.15) is 20.8 Å². The Morgan fingerprint density at radius 1 is 1.06 bits per heavy atom. The van der Waals surface area contributed by atoms with Crippen LogP contribution in [0.25, 0.3) is 0 Å². The van der Waals surface area contributed by atoms with Gasteiger partial charge >= 0.3 is 0 Å². The molecule has 162 valence electrons. The molecule has 3 aromatic rings. The zero-order valence-electron chi connectivity index (χ0n) is 17.4. The first-order valence-electron chi connectivity index (χ1n) is 9.61. The summed E-state index contributed by atoms with van der Waals surface area (Å²) in [6, 6.07) is 12.2. The second kappa shape index (κ2) is 9.18. The summed E-state index contributed by atoms with van der Waals surface area (Å²) in [5.41, 5.74) is -1.28. The molecule has 0 aliphatic heterocycles. The predicted octanol–water partition coefficient (Wildman–Crippen LogP) is 3.05. The van der Waals surface area contributed by atoms with Gasteiger partial charge in [0.2, 0.25) is 0 Å². The van der Waals surface area contributed by atoms with E-state index < -0.39 is 22.4 Å². The van der Waals surface area contributed by atoms with Crippen LogP contribution in [0.15, 0.2) is 58.3 Å². The Morgan fingerprint density at radius 2 is 1.74 bits per heavy atom. The van der Waals surface area contributed by atoms with E-state index in [1.807, 2.05) is 39.0 Å². The van der Waals surface area contributed by atoms with Gasteiger partial charge in [-0.25, -0.2) is 4.98 Å². The molecule has 1 atom stereocenters. The number of benzene rings is 1. The van der Waals surface area contributed by atoms with Crippen molar-refractivity contribution in [2.75, 3.05) is 17.2 Å². The molecule has 1 aromatic heterocycles. The standard InChI is InChI=1S/C22H23ClN4O4/c1-22(2,3)21(26-15(28)12-31-13-8-5-4-6-9-13)27-17-16(18(29)19(17)30)25-14-10-7-11-24-20(14)23/h4-11,21,25,27H,12H2,1-3H3,(H,26,28). The molecule has 1 heterocycles. The molecule has 1 amide bonds. The van der Waals surface area contributed by atoms with Crippen molar-refractivity contribution in [1.82, 2.24) is 10.3 Å². The number of carbonyl (C=O) groups is 1. The highest BCUT2D eigenvalue weighted by atomic mass is 35.5. The maximum Gasteiger partial charge on any atom is 0.259 e. The second-order valence-corrected chi connectivity index (χ2v) is 8.35. The van der Waals surface area contributed by atoms with Crippen molar-refractivity contribution in [3.8, 4) is 5.75 Å². The van der Waals surface area contributed by atoms with Gasteiger partial charge in [-0.3, -0.25) is 14.4 Å². The van der Waals surface area contributed by atoms with Crippen molar-refractivity contribution in [3.63, 3.8) is 0 Å². The van der Waals surface area contributed by atoms with Crippen LogP contribution in [0.2, 0.25) is 5.15 Å². The molecule has 31 heavy (non-hydrogen) atoms. The molecule has 9 heteroatoms. The molecule has 0 radical (unpaired) electrons. The molecule has 1 unspecified atom stereocenters. The molecule has 2 aromatic carbocycles. The molecule has 0 saturated carbocycles. The topological polar surface area (TPSA) is 109 Å². The third-order valence-corrected chi connectivity index (χ3v) is 4.80. The van der Waals surface area contributed by atoms with Gasteiger partial charge in [0.15, 0.2) is 11.8 Å². The second-order valence-electron chi connectivity index (χ2n) is 7.99. The number of amides is 1. The number of carbonyl (C=O) groups excluding carboxylic acids is 1. The lowest BCUT2D eigenvalue weighted by Gasteiger charge is -2.33. The van der Waals surface area contributed by atoms with Crippen molar-refractivity contribution in [2.24, 2.45) is 5.41 Å². The van der Waals surface area contributed by atoms with Gasteiger partial charge in [0.25, 0.3) is 16.8 Å². The summed E-state index contributed by atoms with van der Waals surface area (Å²) in [6.07, 6.45) is 0.866. The van der Waals surface area contributed by atoms with Gasteiger partial charge < -0.3 is 20.7 Å². The van der Waals surface area contributed by atoms with Crippen molar-refractivity contribution >= 4 is 34.6 Å². The largest absolute Gasteiger partial charge is 0.484 e. The number of para-hydroxylation sites is 1. The van der Waals surface area contributed by atoms with Gasteiger partial charge in [0, 0.05) is 11.6 Å². The highest BCUT2D eigenvalue weighted by molar-refractivity contribution is 6.32. The summed E-state index contributed by atoms with van der Waals surface area (Å²) in [5.74, 6) is 0.194. The van der Waals surface area contributed by atoms with Gasteiger partial charge in [0.1, 0.15) is 23.3 Å². The third-order valence-electron chi connectivity index (χ3n) is 4.50. The molecule has 3 rings (SSSR count). The number of nitrogens with one attached hydrogen (secondary N) is 3. The molecule has 3 N–H and O–H groups in total. The van der Waals surface area contributed by atoms with Crippen LogP contribution in [0.3, 0.4) is 0 Å². The van der Waals surface area contributed by atoms with Crippen molar-refractivity contribution in [2.45, 2.75) is 26.9 Å². The van der Waals surface area contributed by atoms with E-state index in [2.05, 4.69) is 20.9 Å². The summed E-state index contributed by atoms with van der Waals surface area (Å²) >= 11 is 6.03. The fraction of sp³-hybridized carbons (Fsp3) is 0.273. The molecule has 0 bridgehead atoms. The number of pyridine rings is 1. The number of hydrogen-bond acceptors (Lipinski definition) is 7. The highest BCUT2D eigenvalue weighted by Crippen LogP contribution is 2.28. The first-order chi connectivity index (χ1) is 14.7. The number of aromatic nitrogens is 1. The van der Waals surface area contributed by atoms with E-state index >= 15 is 0 Å². The van der Waals surface area contributed by atoms with Crippen molar-refractivity contribution in [3.05, 3.63) is 74.3 Å². The number of anilines is 3. The first kappa shape index (κ1) is 22.3. The Hall–Kier alpha value is -3.39. The minimum absolute atomic E-state index is 0.0731. The molecule has 0 aliphatic rings. The van der Waals surface area contributed by atoms with Gasteiger partial charge in [-0.05, 0) is 24.3 Å². The number of rotatable bonds is 8. The lowest BCUT2D eigenvalue weighted by atomic mass is 9.91. The monoisotopic (exact) mass is 442 g/mol. The maximum absolute atomic E-state index is 12.4. The molecular formula is C22H23ClN4O4. The third kappa shape index (κ3) is 5.40. The Balaban J connectivity index is 1.72. The Kier molecular flexibility index (Phi) is 6.60. The Morgan fingerprint density at radius 3 is 2.39 bits per heavy atom. The number of halogens is 1. The normalized spacial score (nSPS) is 12.3. The maximum atomic E-state index is 12.4. The molecule has 0 spiro atoms. The molecule has 0 saturated heterocycles. The smallest absolute Gasteiger partial charge is 0.259 e. The molecular weight excluding hydrogens is 420 g/mol. The van der Waals surface area contributed by atoms with Crippen LogP contribution in [0, 0.1) is 5.41 Å². The minimum Gasteiger partial charge on any atom is -0.484 e. The van der Waals surface area contributed by atoms with E-state index in [-0.39, 0.29) is 29.0 Å². The van der Waals surface area contributed by atoms with Crippen LogP contribution >= 0.6 is 11.6 Å². The zero-order chi connectivity index (χ0) is 22.6. The fourth-order valence-electron chi connectivity index (χ4n) is 2.74. The molecule has 0 aliphatic carbocycles. The van der Waals surface area contributed by atoms with Crippen molar-refractivity contribution in [1.29, 1.82) is 0 Å². The predicted molar refractivity (Wildman–Crippen MR) is 121 cm³/mol. The summed E-state index contributed by atoms with van der Waals surface area (Å²) < 4.78 is 5.47. The van der Waals surface area contributed by atoms with Gasteiger partial charge in [0.05, 0.1) is 5.69 Å². The lowest BCUT2D eigenvalue weighted by molar-refractivity contribution is -0.124. The van der Waals surface area contributed by atoms with E-state index in [1.54, 1.807) is 24.3 Å². The van der Waals surface area contributed by atoms with Gasteiger partial charge in [-0.2, -0.15) is 0 Å². The Bertz CT molecular complexity index is 1130. The number of hydrogen-bond donors (Lipinski definition) is 3. The van der Waals surface area contributed by atoms with Gasteiger partial charge in [-0.15, -0.1) is 0 Å². The van der Waals surface area contributed by atoms with Crippen LogP contribution in [-0.4, -0.2) is 23.7 Å². The van der Waals surface area contributed by atoms with Gasteiger partial charge in [-0.1, -0.05) is 50.6 Å². The fourth-order valence-corrected chi connectivity index (χ4v) is 2.91. The molecule has 8 nitrogen and oxygen atoms in total. The zero-order valence-corrected chi connectivity index (χ0v) is 18.1. The average Bonchev–Trinajstić information content (AvgIpc) is 2.74. The van der Waals surface area contributed by atoms with E-state index in [1.165, 1.54) is 6.20 Å². The number of ether oxygens (including phenoxy) is 1. The minimum atomic E-state index is -0.674. The summed E-state index contributed by atoms with van der Waals surface area (Å²) in [6.45, 7) is 5.47. The van der Waals surface area contributed by atoms with E-state index in [9.17, 15) is 14.4 Å².